The Morgan fingerprint density at radius 1 is 1.13 bits per heavy atom. The van der Waals surface area contributed by atoms with E-state index in [1.54, 1.807) is 12.1 Å². The molecule has 0 radical (unpaired) electrons. The minimum Gasteiger partial charge on any atom is -0.490 e. The summed E-state index contributed by atoms with van der Waals surface area (Å²) in [6.07, 6.45) is 0. The molecule has 0 aliphatic heterocycles. The first kappa shape index (κ1) is 17.2. The summed E-state index contributed by atoms with van der Waals surface area (Å²) in [5.74, 6) is 0.729. The number of nitrogens with one attached hydrogen (secondary N) is 1. The molecule has 2 aromatic carbocycles. The van der Waals surface area contributed by atoms with Gasteiger partial charge in [-0.25, -0.2) is 0 Å². The van der Waals surface area contributed by atoms with Gasteiger partial charge in [-0.05, 0) is 31.5 Å². The van der Waals surface area contributed by atoms with Crippen LogP contribution in [0.4, 0.5) is 0 Å². The fourth-order valence-electron chi connectivity index (χ4n) is 2.09. The third-order valence-electron chi connectivity index (χ3n) is 3.13. The first-order chi connectivity index (χ1) is 11.2. The number of halogens is 1. The maximum atomic E-state index is 12.0. The van der Waals surface area contributed by atoms with Gasteiger partial charge in [-0.15, -0.1) is 0 Å². The Labute approximate surface area is 141 Å². The van der Waals surface area contributed by atoms with E-state index in [0.29, 0.717) is 41.8 Å². The van der Waals surface area contributed by atoms with Crippen LogP contribution in [0, 0.1) is 0 Å². The van der Waals surface area contributed by atoms with E-state index < -0.39 is 0 Å². The molecule has 2 rings (SSSR count). The Bertz CT molecular complexity index is 659. The lowest BCUT2D eigenvalue weighted by molar-refractivity contribution is 0.0955. The Morgan fingerprint density at radius 2 is 1.87 bits per heavy atom. The molecule has 0 unspecified atom stereocenters. The molecule has 0 aliphatic rings. The number of carbonyl (C=O) groups is 1. The highest BCUT2D eigenvalue weighted by molar-refractivity contribution is 6.32. The molecule has 122 valence electrons. The molecule has 4 nitrogen and oxygen atoms in total. The van der Waals surface area contributed by atoms with Gasteiger partial charge >= 0.3 is 0 Å². The maximum absolute atomic E-state index is 12.0. The topological polar surface area (TPSA) is 47.6 Å². The zero-order valence-corrected chi connectivity index (χ0v) is 14.0. The third-order valence-corrected chi connectivity index (χ3v) is 3.42. The molecule has 5 heteroatoms. The fraction of sp³-hybridized carbons (Fsp3) is 0.278. The molecule has 0 fully saturated rings. The van der Waals surface area contributed by atoms with Crippen LogP contribution in [0.1, 0.15) is 29.8 Å². The molecule has 1 N–H and O–H groups in total. The smallest absolute Gasteiger partial charge is 0.251 e. The van der Waals surface area contributed by atoms with Crippen LogP contribution in [0.2, 0.25) is 5.02 Å². The molecule has 0 atom stereocenters. The normalized spacial score (nSPS) is 10.2. The van der Waals surface area contributed by atoms with Crippen molar-refractivity contribution in [3.8, 4) is 11.5 Å². The lowest BCUT2D eigenvalue weighted by Gasteiger charge is -2.15. The number of hydrogen-bond donors (Lipinski definition) is 1. The summed E-state index contributed by atoms with van der Waals surface area (Å²) < 4.78 is 11.4. The van der Waals surface area contributed by atoms with Crippen LogP contribution < -0.4 is 14.8 Å². The van der Waals surface area contributed by atoms with Gasteiger partial charge in [0, 0.05) is 12.1 Å². The average molecular weight is 334 g/mol. The number of hydrogen-bond acceptors (Lipinski definition) is 3. The summed E-state index contributed by atoms with van der Waals surface area (Å²) in [6, 6.07) is 13.0. The maximum Gasteiger partial charge on any atom is 0.251 e. The van der Waals surface area contributed by atoms with Gasteiger partial charge in [0.2, 0.25) is 0 Å². The Hall–Kier alpha value is -2.20. The van der Waals surface area contributed by atoms with E-state index >= 15 is 0 Å². The van der Waals surface area contributed by atoms with Crippen LogP contribution in [0.3, 0.4) is 0 Å². The van der Waals surface area contributed by atoms with Crippen molar-refractivity contribution in [3.63, 3.8) is 0 Å². The third kappa shape index (κ3) is 4.63. The molecule has 0 bridgehead atoms. The van der Waals surface area contributed by atoms with Crippen molar-refractivity contribution in [2.45, 2.75) is 20.5 Å². The van der Waals surface area contributed by atoms with E-state index in [2.05, 4.69) is 5.32 Å². The summed E-state index contributed by atoms with van der Waals surface area (Å²) in [7, 11) is 0. The molecule has 0 aromatic heterocycles. The number of benzene rings is 2. The summed E-state index contributed by atoms with van der Waals surface area (Å²) in [4.78, 5) is 12.0. The average Bonchev–Trinajstić information content (AvgIpc) is 2.55. The van der Waals surface area contributed by atoms with E-state index in [1.165, 1.54) is 0 Å². The molecule has 0 aliphatic carbocycles. The molecule has 1 amide bonds. The van der Waals surface area contributed by atoms with Crippen molar-refractivity contribution in [3.05, 3.63) is 58.6 Å². The zero-order valence-electron chi connectivity index (χ0n) is 13.3. The van der Waals surface area contributed by atoms with Gasteiger partial charge in [-0.3, -0.25) is 4.79 Å². The molecular formula is C18H20ClNO3. The number of ether oxygens (including phenoxy) is 2. The molecule has 0 heterocycles. The Kier molecular flexibility index (Phi) is 6.29. The highest BCUT2D eigenvalue weighted by atomic mass is 35.5. The quantitative estimate of drug-likeness (QED) is 0.831. The second-order valence-corrected chi connectivity index (χ2v) is 5.26. The number of rotatable bonds is 7. The van der Waals surface area contributed by atoms with Crippen molar-refractivity contribution in [1.29, 1.82) is 0 Å². The minimum atomic E-state index is -0.190. The van der Waals surface area contributed by atoms with Crippen molar-refractivity contribution < 1.29 is 14.3 Å². The van der Waals surface area contributed by atoms with Gasteiger partial charge in [-0.2, -0.15) is 0 Å². The monoisotopic (exact) mass is 333 g/mol. The first-order valence-corrected chi connectivity index (χ1v) is 7.94. The van der Waals surface area contributed by atoms with Crippen LogP contribution in [0.15, 0.2) is 42.5 Å². The summed E-state index contributed by atoms with van der Waals surface area (Å²) in [5.41, 5.74) is 1.48. The van der Waals surface area contributed by atoms with Crippen molar-refractivity contribution >= 4 is 17.5 Å². The molecule has 2 aromatic rings. The van der Waals surface area contributed by atoms with Crippen LogP contribution in [-0.4, -0.2) is 19.1 Å². The fourth-order valence-corrected chi connectivity index (χ4v) is 2.36. The van der Waals surface area contributed by atoms with Gasteiger partial charge in [-0.1, -0.05) is 41.9 Å². The minimum absolute atomic E-state index is 0.190. The second kappa shape index (κ2) is 8.44. The molecule has 0 saturated heterocycles. The van der Waals surface area contributed by atoms with Crippen LogP contribution >= 0.6 is 11.6 Å². The lowest BCUT2D eigenvalue weighted by atomic mass is 10.2. The van der Waals surface area contributed by atoms with Gasteiger partial charge in [0.05, 0.1) is 11.6 Å². The van der Waals surface area contributed by atoms with E-state index in [1.807, 2.05) is 44.2 Å². The summed E-state index contributed by atoms with van der Waals surface area (Å²) >= 11 is 6.30. The predicted octanol–water partition coefficient (Wildman–Crippen LogP) is 4.07. The lowest BCUT2D eigenvalue weighted by Crippen LogP contribution is -2.22. The van der Waals surface area contributed by atoms with Crippen molar-refractivity contribution in [2.75, 3.05) is 13.2 Å². The van der Waals surface area contributed by atoms with Gasteiger partial charge in [0.15, 0.2) is 11.5 Å². The van der Waals surface area contributed by atoms with E-state index in [4.69, 9.17) is 21.1 Å². The van der Waals surface area contributed by atoms with Gasteiger partial charge < -0.3 is 14.8 Å². The van der Waals surface area contributed by atoms with Crippen molar-refractivity contribution in [2.24, 2.45) is 0 Å². The molecule has 0 saturated carbocycles. The van der Waals surface area contributed by atoms with E-state index in [0.717, 1.165) is 5.56 Å². The summed E-state index contributed by atoms with van der Waals surface area (Å²) in [6.45, 7) is 5.11. The number of carbonyl (C=O) groups excluding carboxylic acids is 1. The largest absolute Gasteiger partial charge is 0.490 e. The molecular weight excluding hydrogens is 314 g/mol. The van der Waals surface area contributed by atoms with Crippen LogP contribution in [0.5, 0.6) is 11.5 Å². The highest BCUT2D eigenvalue weighted by Gasteiger charge is 2.16. The first-order valence-electron chi connectivity index (χ1n) is 7.57. The molecule has 23 heavy (non-hydrogen) atoms. The van der Waals surface area contributed by atoms with Gasteiger partial charge in [0.1, 0.15) is 6.61 Å². The van der Waals surface area contributed by atoms with E-state index in [9.17, 15) is 4.79 Å². The predicted molar refractivity (Wildman–Crippen MR) is 91.4 cm³/mol. The van der Waals surface area contributed by atoms with E-state index in [-0.39, 0.29) is 5.91 Å². The Balaban J connectivity index is 2.25. The SMILES string of the molecule is CCNC(=O)c1cc(Cl)c(OCc2ccccc2)c(OCC)c1. The van der Waals surface area contributed by atoms with Crippen LogP contribution in [0.25, 0.3) is 0 Å². The highest BCUT2D eigenvalue weighted by Crippen LogP contribution is 2.37. The molecule has 0 spiro atoms. The summed E-state index contributed by atoms with van der Waals surface area (Å²) in [5, 5.41) is 3.10. The van der Waals surface area contributed by atoms with Crippen LogP contribution in [-0.2, 0) is 6.61 Å². The number of amides is 1. The second-order valence-electron chi connectivity index (χ2n) is 4.85. The standard InChI is InChI=1S/C18H20ClNO3/c1-3-20-18(21)14-10-15(19)17(16(11-14)22-4-2)23-12-13-8-6-5-7-9-13/h5-11H,3-4,12H2,1-2H3,(H,20,21). The Morgan fingerprint density at radius 3 is 2.52 bits per heavy atom. The zero-order chi connectivity index (χ0) is 16.7. The van der Waals surface area contributed by atoms with Crippen molar-refractivity contribution in [1.82, 2.24) is 5.32 Å². The van der Waals surface area contributed by atoms with Gasteiger partial charge in [0.25, 0.3) is 5.91 Å².